The second-order valence-electron chi connectivity index (χ2n) is 8.21. The Labute approximate surface area is 200 Å². The molecule has 0 atom stereocenters. The predicted molar refractivity (Wildman–Crippen MR) is 130 cm³/mol. The normalized spacial score (nSPS) is 13.1. The van der Waals surface area contributed by atoms with Gasteiger partial charge in [-0.2, -0.15) is 0 Å². The van der Waals surface area contributed by atoms with Crippen molar-refractivity contribution in [3.05, 3.63) is 52.2 Å². The molecule has 176 valence electrons. The number of aromatic nitrogens is 3. The molecular formula is C25H26N4O4S. The number of esters is 1. The maximum atomic E-state index is 13.3. The van der Waals surface area contributed by atoms with Gasteiger partial charge in [0.15, 0.2) is 0 Å². The first-order chi connectivity index (χ1) is 16.6. The van der Waals surface area contributed by atoms with Gasteiger partial charge >= 0.3 is 5.97 Å². The van der Waals surface area contributed by atoms with Gasteiger partial charge in [0.25, 0.3) is 5.89 Å². The number of amides is 1. The van der Waals surface area contributed by atoms with E-state index in [1.54, 1.807) is 6.92 Å². The second kappa shape index (κ2) is 9.42. The summed E-state index contributed by atoms with van der Waals surface area (Å²) in [5.74, 6) is 0.309. The van der Waals surface area contributed by atoms with E-state index >= 15 is 0 Å². The van der Waals surface area contributed by atoms with Gasteiger partial charge in [-0.05, 0) is 50.3 Å². The van der Waals surface area contributed by atoms with Crippen molar-refractivity contribution in [1.82, 2.24) is 14.8 Å². The third kappa shape index (κ3) is 4.11. The van der Waals surface area contributed by atoms with Crippen LogP contribution >= 0.6 is 11.3 Å². The zero-order chi connectivity index (χ0) is 23.7. The van der Waals surface area contributed by atoms with E-state index in [0.717, 1.165) is 47.0 Å². The Bertz CT molecular complexity index is 1370. The average molecular weight is 479 g/mol. The Kier molecular flexibility index (Phi) is 6.19. The minimum Gasteiger partial charge on any atom is -0.462 e. The fraction of sp³-hybridized carbons (Fsp3) is 0.360. The molecule has 1 amide bonds. The van der Waals surface area contributed by atoms with Gasteiger partial charge < -0.3 is 19.0 Å². The standard InChI is InChI=1S/C25H26N4O4S/c1-3-21-27-28-23(33-21)18-13-15-9-5-7-11-17(15)29(18)14-20(30)26-24-22(25(31)32-4-2)16-10-6-8-12-19(16)34-24/h5,7,9,11,13H,3-4,6,8,10,12,14H2,1-2H3,(H,26,30). The van der Waals surface area contributed by atoms with Gasteiger partial charge in [0, 0.05) is 22.2 Å². The first-order valence-electron chi connectivity index (χ1n) is 11.6. The van der Waals surface area contributed by atoms with Crippen LogP contribution in [0, 0.1) is 0 Å². The molecule has 8 nitrogen and oxygen atoms in total. The third-order valence-corrected chi connectivity index (χ3v) is 7.21. The van der Waals surface area contributed by atoms with E-state index in [9.17, 15) is 9.59 Å². The van der Waals surface area contributed by atoms with Gasteiger partial charge in [0.1, 0.15) is 17.2 Å². The first-order valence-corrected chi connectivity index (χ1v) is 12.4. The molecule has 0 radical (unpaired) electrons. The van der Waals surface area contributed by atoms with Gasteiger partial charge in [-0.1, -0.05) is 25.1 Å². The summed E-state index contributed by atoms with van der Waals surface area (Å²) in [5, 5.41) is 12.8. The zero-order valence-corrected chi connectivity index (χ0v) is 20.0. The molecule has 0 saturated heterocycles. The highest BCUT2D eigenvalue weighted by atomic mass is 32.1. The molecule has 5 rings (SSSR count). The summed E-state index contributed by atoms with van der Waals surface area (Å²) < 4.78 is 13.0. The van der Waals surface area contributed by atoms with E-state index < -0.39 is 0 Å². The number of thiophene rings is 1. The average Bonchev–Trinajstić information content (AvgIpc) is 3.54. The predicted octanol–water partition coefficient (Wildman–Crippen LogP) is 5.01. The quantitative estimate of drug-likeness (QED) is 0.375. The highest BCUT2D eigenvalue weighted by Gasteiger charge is 2.27. The fourth-order valence-corrected chi connectivity index (χ4v) is 5.73. The van der Waals surface area contributed by atoms with Gasteiger partial charge in [-0.15, -0.1) is 21.5 Å². The number of nitrogens with zero attached hydrogens (tertiary/aromatic N) is 3. The molecule has 0 unspecified atom stereocenters. The van der Waals surface area contributed by atoms with Crippen molar-refractivity contribution < 1.29 is 18.7 Å². The maximum absolute atomic E-state index is 13.3. The minimum absolute atomic E-state index is 0.0392. The van der Waals surface area contributed by atoms with Crippen LogP contribution < -0.4 is 5.32 Å². The van der Waals surface area contributed by atoms with Crippen LogP contribution in [-0.4, -0.2) is 33.2 Å². The highest BCUT2D eigenvalue weighted by molar-refractivity contribution is 7.17. The number of rotatable bonds is 7. The number of anilines is 1. The lowest BCUT2D eigenvalue weighted by Crippen LogP contribution is -2.20. The Morgan fingerprint density at radius 2 is 2.00 bits per heavy atom. The van der Waals surface area contributed by atoms with Crippen molar-refractivity contribution >= 4 is 39.1 Å². The van der Waals surface area contributed by atoms with Crippen molar-refractivity contribution in [2.45, 2.75) is 52.5 Å². The highest BCUT2D eigenvalue weighted by Crippen LogP contribution is 2.39. The summed E-state index contributed by atoms with van der Waals surface area (Å²) in [7, 11) is 0. The lowest BCUT2D eigenvalue weighted by Gasteiger charge is -2.12. The Hall–Kier alpha value is -3.46. The van der Waals surface area contributed by atoms with E-state index in [2.05, 4.69) is 15.5 Å². The lowest BCUT2D eigenvalue weighted by molar-refractivity contribution is -0.116. The van der Waals surface area contributed by atoms with Crippen molar-refractivity contribution in [2.75, 3.05) is 11.9 Å². The van der Waals surface area contributed by atoms with Crippen molar-refractivity contribution in [2.24, 2.45) is 0 Å². The summed E-state index contributed by atoms with van der Waals surface area (Å²) in [6, 6.07) is 9.76. The topological polar surface area (TPSA) is 99.2 Å². The summed E-state index contributed by atoms with van der Waals surface area (Å²) in [5.41, 5.74) is 3.10. The van der Waals surface area contributed by atoms with Gasteiger partial charge in [-0.3, -0.25) is 4.79 Å². The van der Waals surface area contributed by atoms with Crippen LogP contribution in [0.3, 0.4) is 0 Å². The number of aryl methyl sites for hydroxylation is 2. The first kappa shape index (κ1) is 22.3. The molecule has 4 aromatic rings. The van der Waals surface area contributed by atoms with Crippen molar-refractivity contribution in [3.8, 4) is 11.6 Å². The summed E-state index contributed by atoms with van der Waals surface area (Å²) >= 11 is 1.48. The number of hydrogen-bond donors (Lipinski definition) is 1. The molecule has 1 aliphatic carbocycles. The largest absolute Gasteiger partial charge is 0.462 e. The van der Waals surface area contributed by atoms with E-state index in [-0.39, 0.29) is 18.4 Å². The Balaban J connectivity index is 1.48. The number of ether oxygens (including phenoxy) is 1. The molecule has 1 aliphatic rings. The molecule has 0 bridgehead atoms. The van der Waals surface area contributed by atoms with E-state index in [1.807, 2.05) is 41.8 Å². The Morgan fingerprint density at radius 1 is 1.18 bits per heavy atom. The SMILES string of the molecule is CCOC(=O)c1c(NC(=O)Cn2c(-c3nnc(CC)o3)cc3ccccc32)sc2c1CCCC2. The number of carbonyl (C=O) groups excluding carboxylic acids is 2. The number of nitrogens with one attached hydrogen (secondary N) is 1. The van der Waals surface area contributed by atoms with Crippen molar-refractivity contribution in [1.29, 1.82) is 0 Å². The molecule has 34 heavy (non-hydrogen) atoms. The number of para-hydroxylation sites is 1. The van der Waals surface area contributed by atoms with Crippen LogP contribution in [0.15, 0.2) is 34.7 Å². The zero-order valence-electron chi connectivity index (χ0n) is 19.2. The number of benzene rings is 1. The summed E-state index contributed by atoms with van der Waals surface area (Å²) in [4.78, 5) is 27.2. The lowest BCUT2D eigenvalue weighted by atomic mass is 9.95. The summed E-state index contributed by atoms with van der Waals surface area (Å²) in [6.07, 6.45) is 4.51. The van der Waals surface area contributed by atoms with Gasteiger partial charge in [-0.25, -0.2) is 4.79 Å². The van der Waals surface area contributed by atoms with Crippen LogP contribution in [0.1, 0.15) is 53.4 Å². The molecule has 1 N–H and O–H groups in total. The molecular weight excluding hydrogens is 452 g/mol. The van der Waals surface area contributed by atoms with Crippen LogP contribution in [0.4, 0.5) is 5.00 Å². The molecule has 1 aromatic carbocycles. The molecule has 9 heteroatoms. The monoisotopic (exact) mass is 478 g/mol. The molecule has 0 fully saturated rings. The molecule has 0 saturated carbocycles. The van der Waals surface area contributed by atoms with Gasteiger partial charge in [0.2, 0.25) is 11.8 Å². The van der Waals surface area contributed by atoms with E-state index in [0.29, 0.717) is 41.1 Å². The van der Waals surface area contributed by atoms with Crippen LogP contribution in [-0.2, 0) is 35.3 Å². The third-order valence-electron chi connectivity index (χ3n) is 6.00. The number of fused-ring (bicyclic) bond motifs is 2. The fourth-order valence-electron chi connectivity index (χ4n) is 4.44. The van der Waals surface area contributed by atoms with Gasteiger partial charge in [0.05, 0.1) is 12.2 Å². The van der Waals surface area contributed by atoms with Crippen LogP contribution in [0.25, 0.3) is 22.5 Å². The molecule has 3 aromatic heterocycles. The smallest absolute Gasteiger partial charge is 0.341 e. The van der Waals surface area contributed by atoms with Crippen LogP contribution in [0.5, 0.6) is 0 Å². The number of hydrogen-bond acceptors (Lipinski definition) is 7. The number of carbonyl (C=O) groups is 2. The molecule has 3 heterocycles. The van der Waals surface area contributed by atoms with Crippen molar-refractivity contribution in [3.63, 3.8) is 0 Å². The minimum atomic E-state index is -0.373. The second-order valence-corrected chi connectivity index (χ2v) is 9.32. The maximum Gasteiger partial charge on any atom is 0.341 e. The van der Waals surface area contributed by atoms with E-state index in [4.69, 9.17) is 9.15 Å². The summed E-state index contributed by atoms with van der Waals surface area (Å²) in [6.45, 7) is 4.06. The molecule has 0 aliphatic heterocycles. The molecule has 0 spiro atoms. The Morgan fingerprint density at radius 3 is 2.79 bits per heavy atom. The van der Waals surface area contributed by atoms with Crippen LogP contribution in [0.2, 0.25) is 0 Å². The van der Waals surface area contributed by atoms with E-state index in [1.165, 1.54) is 11.3 Å².